The highest BCUT2D eigenvalue weighted by Gasteiger charge is 2.41. The summed E-state index contributed by atoms with van der Waals surface area (Å²) in [5.74, 6) is 2.39. The van der Waals surface area contributed by atoms with E-state index in [0.29, 0.717) is 12.1 Å². The lowest BCUT2D eigenvalue weighted by Crippen LogP contribution is -2.37. The van der Waals surface area contributed by atoms with Gasteiger partial charge in [-0.15, -0.1) is 0 Å². The number of halogens is 1. The molecule has 2 bridgehead atoms. The fourth-order valence-electron chi connectivity index (χ4n) is 4.20. The van der Waals surface area contributed by atoms with Gasteiger partial charge in [-0.1, -0.05) is 11.6 Å². The third-order valence-corrected chi connectivity index (χ3v) is 5.70. The molecule has 6 heteroatoms. The number of fused-ring (bicyclic) bond motifs is 5. The molecule has 4 heterocycles. The normalized spacial score (nSPS) is 24.2. The van der Waals surface area contributed by atoms with E-state index in [4.69, 9.17) is 21.1 Å². The Morgan fingerprint density at radius 3 is 2.96 bits per heavy atom. The summed E-state index contributed by atoms with van der Waals surface area (Å²) in [6.45, 7) is 3.05. The first-order valence-electron chi connectivity index (χ1n) is 8.35. The summed E-state index contributed by atoms with van der Waals surface area (Å²) < 4.78 is 10.9. The maximum Gasteiger partial charge on any atom is 0.231 e. The van der Waals surface area contributed by atoms with E-state index >= 15 is 0 Å². The van der Waals surface area contributed by atoms with Crippen molar-refractivity contribution >= 4 is 11.6 Å². The summed E-state index contributed by atoms with van der Waals surface area (Å²) in [5.41, 5.74) is 3.60. The van der Waals surface area contributed by atoms with Crippen LogP contribution in [-0.4, -0.2) is 27.7 Å². The van der Waals surface area contributed by atoms with Crippen LogP contribution in [0.3, 0.4) is 0 Å². The standard InChI is InChI=1S/C18H18ClN3O2/c1-10-20-7-13-15(21-10)5-12-2-3-16(13)22(12)8-11-4-17-18(6-14(11)19)24-9-23-17/h4,6-7,12,16H,2-3,5,8-9H2,1H3. The molecule has 2 atom stereocenters. The molecular formula is C18H18ClN3O2. The smallest absolute Gasteiger partial charge is 0.231 e. The quantitative estimate of drug-likeness (QED) is 0.836. The average molecular weight is 344 g/mol. The lowest BCUT2D eigenvalue weighted by molar-refractivity contribution is 0.165. The zero-order valence-corrected chi connectivity index (χ0v) is 14.2. The van der Waals surface area contributed by atoms with Crippen LogP contribution in [-0.2, 0) is 13.0 Å². The van der Waals surface area contributed by atoms with Crippen LogP contribution in [0.25, 0.3) is 0 Å². The summed E-state index contributed by atoms with van der Waals surface area (Å²) >= 11 is 6.48. The minimum atomic E-state index is 0.272. The third kappa shape index (κ3) is 2.19. The Balaban J connectivity index is 1.47. The number of ether oxygens (including phenoxy) is 2. The van der Waals surface area contributed by atoms with Crippen LogP contribution in [0.5, 0.6) is 11.5 Å². The second-order valence-corrected chi connectivity index (χ2v) is 7.15. The largest absolute Gasteiger partial charge is 0.454 e. The molecule has 24 heavy (non-hydrogen) atoms. The van der Waals surface area contributed by atoms with Crippen molar-refractivity contribution in [1.82, 2.24) is 14.9 Å². The first-order chi connectivity index (χ1) is 11.7. The molecular weight excluding hydrogens is 326 g/mol. The summed E-state index contributed by atoms with van der Waals surface area (Å²) in [6.07, 6.45) is 5.37. The molecule has 1 saturated heterocycles. The van der Waals surface area contributed by atoms with E-state index in [-0.39, 0.29) is 6.79 Å². The van der Waals surface area contributed by atoms with Crippen LogP contribution >= 0.6 is 11.6 Å². The molecule has 0 amide bonds. The van der Waals surface area contributed by atoms with E-state index < -0.39 is 0 Å². The van der Waals surface area contributed by atoms with Gasteiger partial charge in [0, 0.05) is 47.9 Å². The molecule has 2 aromatic rings. The molecule has 0 aliphatic carbocycles. The van der Waals surface area contributed by atoms with Crippen molar-refractivity contribution in [1.29, 1.82) is 0 Å². The van der Waals surface area contributed by atoms with Gasteiger partial charge in [0.1, 0.15) is 5.82 Å². The van der Waals surface area contributed by atoms with Gasteiger partial charge in [-0.3, -0.25) is 4.90 Å². The van der Waals surface area contributed by atoms with Crippen molar-refractivity contribution < 1.29 is 9.47 Å². The molecule has 124 valence electrons. The van der Waals surface area contributed by atoms with E-state index in [1.807, 2.05) is 25.3 Å². The van der Waals surface area contributed by atoms with Gasteiger partial charge in [0.15, 0.2) is 11.5 Å². The number of nitrogens with zero attached hydrogens (tertiary/aromatic N) is 3. The summed E-state index contributed by atoms with van der Waals surface area (Å²) in [4.78, 5) is 11.6. The Hall–Kier alpha value is -1.85. The Labute approximate surface area is 145 Å². The minimum absolute atomic E-state index is 0.272. The summed E-state index contributed by atoms with van der Waals surface area (Å²) in [5, 5.41) is 0.740. The van der Waals surface area contributed by atoms with E-state index in [2.05, 4.69) is 14.9 Å². The molecule has 3 aliphatic rings. The SMILES string of the molecule is Cc1ncc2c(n1)CC1CCC2N1Cc1cc2c(cc1Cl)OCO2. The zero-order chi connectivity index (χ0) is 16.3. The molecule has 0 N–H and O–H groups in total. The molecule has 0 saturated carbocycles. The van der Waals surface area contributed by atoms with Gasteiger partial charge in [0.05, 0.1) is 5.69 Å². The van der Waals surface area contributed by atoms with E-state index in [9.17, 15) is 0 Å². The highest BCUT2D eigenvalue weighted by molar-refractivity contribution is 6.31. The first-order valence-corrected chi connectivity index (χ1v) is 8.73. The van der Waals surface area contributed by atoms with Crippen molar-refractivity contribution in [2.45, 2.75) is 44.8 Å². The van der Waals surface area contributed by atoms with Crippen LogP contribution in [0.15, 0.2) is 18.3 Å². The molecule has 5 nitrogen and oxygen atoms in total. The van der Waals surface area contributed by atoms with Crippen LogP contribution in [0.1, 0.15) is 41.5 Å². The lowest BCUT2D eigenvalue weighted by atomic mass is 9.98. The number of hydrogen-bond donors (Lipinski definition) is 0. The van der Waals surface area contributed by atoms with Gasteiger partial charge in [-0.2, -0.15) is 0 Å². The van der Waals surface area contributed by atoms with Crippen LogP contribution in [0, 0.1) is 6.92 Å². The Morgan fingerprint density at radius 1 is 1.25 bits per heavy atom. The summed E-state index contributed by atoms with van der Waals surface area (Å²) in [7, 11) is 0. The van der Waals surface area contributed by atoms with Gasteiger partial charge in [-0.25, -0.2) is 9.97 Å². The monoisotopic (exact) mass is 343 g/mol. The van der Waals surface area contributed by atoms with Crippen molar-refractivity contribution in [2.75, 3.05) is 6.79 Å². The maximum atomic E-state index is 6.48. The lowest BCUT2D eigenvalue weighted by Gasteiger charge is -2.35. The van der Waals surface area contributed by atoms with Crippen molar-refractivity contribution in [3.63, 3.8) is 0 Å². The van der Waals surface area contributed by atoms with Crippen molar-refractivity contribution in [3.05, 3.63) is 46.0 Å². The van der Waals surface area contributed by atoms with Crippen molar-refractivity contribution in [3.8, 4) is 11.5 Å². The summed E-state index contributed by atoms with van der Waals surface area (Å²) in [6, 6.07) is 4.80. The van der Waals surface area contributed by atoms with Crippen LogP contribution < -0.4 is 9.47 Å². The Bertz CT molecular complexity index is 826. The number of hydrogen-bond acceptors (Lipinski definition) is 5. The number of rotatable bonds is 2. The predicted molar refractivity (Wildman–Crippen MR) is 89.4 cm³/mol. The van der Waals surface area contributed by atoms with Gasteiger partial charge in [0.25, 0.3) is 0 Å². The Kier molecular flexibility index (Phi) is 3.22. The second kappa shape index (κ2) is 5.33. The molecule has 1 fully saturated rings. The predicted octanol–water partition coefficient (Wildman–Crippen LogP) is 3.43. The van der Waals surface area contributed by atoms with E-state index in [1.54, 1.807) is 0 Å². The van der Waals surface area contributed by atoms with Gasteiger partial charge in [0.2, 0.25) is 6.79 Å². The van der Waals surface area contributed by atoms with E-state index in [1.165, 1.54) is 17.7 Å². The minimum Gasteiger partial charge on any atom is -0.454 e. The highest BCUT2D eigenvalue weighted by atomic mass is 35.5. The average Bonchev–Trinajstić information content (AvgIpc) is 3.11. The molecule has 0 spiro atoms. The van der Waals surface area contributed by atoms with E-state index in [0.717, 1.165) is 47.3 Å². The van der Waals surface area contributed by atoms with Gasteiger partial charge in [-0.05, 0) is 31.4 Å². The molecule has 1 aromatic carbocycles. The number of benzene rings is 1. The third-order valence-electron chi connectivity index (χ3n) is 5.35. The highest BCUT2D eigenvalue weighted by Crippen LogP contribution is 2.45. The van der Waals surface area contributed by atoms with Gasteiger partial charge < -0.3 is 9.47 Å². The number of aromatic nitrogens is 2. The molecule has 3 aliphatic heterocycles. The fraction of sp³-hybridized carbons (Fsp3) is 0.444. The molecule has 0 radical (unpaired) electrons. The molecule has 2 unspecified atom stereocenters. The van der Waals surface area contributed by atoms with Crippen LogP contribution in [0.4, 0.5) is 0 Å². The zero-order valence-electron chi connectivity index (χ0n) is 13.5. The maximum absolute atomic E-state index is 6.48. The van der Waals surface area contributed by atoms with Crippen LogP contribution in [0.2, 0.25) is 5.02 Å². The Morgan fingerprint density at radius 2 is 2.08 bits per heavy atom. The van der Waals surface area contributed by atoms with Gasteiger partial charge >= 0.3 is 0 Å². The van der Waals surface area contributed by atoms with Crippen molar-refractivity contribution in [2.24, 2.45) is 0 Å². The number of aryl methyl sites for hydroxylation is 1. The molecule has 1 aromatic heterocycles. The molecule has 5 rings (SSSR count). The first kappa shape index (κ1) is 14.5. The second-order valence-electron chi connectivity index (χ2n) is 6.74. The fourth-order valence-corrected chi connectivity index (χ4v) is 4.41. The topological polar surface area (TPSA) is 47.5 Å².